The summed E-state index contributed by atoms with van der Waals surface area (Å²) in [5.41, 5.74) is 8.29. The molecule has 2 N–H and O–H groups in total. The van der Waals surface area contributed by atoms with Crippen molar-refractivity contribution in [3.05, 3.63) is 29.3 Å². The first-order chi connectivity index (χ1) is 9.56. The van der Waals surface area contributed by atoms with Crippen LogP contribution >= 0.6 is 12.4 Å². The predicted molar refractivity (Wildman–Crippen MR) is 87.1 cm³/mol. The van der Waals surface area contributed by atoms with E-state index in [9.17, 15) is 4.79 Å². The number of hydrogen-bond acceptors (Lipinski definition) is 3. The van der Waals surface area contributed by atoms with Crippen LogP contribution in [0.1, 0.15) is 30.4 Å². The minimum absolute atomic E-state index is 0. The van der Waals surface area contributed by atoms with Gasteiger partial charge in [-0.3, -0.25) is 4.79 Å². The zero-order valence-corrected chi connectivity index (χ0v) is 13.6. The molecule has 0 aliphatic carbocycles. The van der Waals surface area contributed by atoms with Crippen LogP contribution in [0, 0.1) is 13.8 Å². The summed E-state index contributed by atoms with van der Waals surface area (Å²) >= 11 is 0. The van der Waals surface area contributed by atoms with Gasteiger partial charge in [-0.2, -0.15) is 0 Å². The van der Waals surface area contributed by atoms with Gasteiger partial charge in [-0.15, -0.1) is 12.4 Å². The van der Waals surface area contributed by atoms with E-state index >= 15 is 0 Å². The molecule has 1 saturated heterocycles. The number of hydrogen-bond donors (Lipinski definition) is 1. The maximum absolute atomic E-state index is 12.0. The lowest BCUT2D eigenvalue weighted by molar-refractivity contribution is -0.132. The van der Waals surface area contributed by atoms with Gasteiger partial charge in [-0.05, 0) is 49.9 Å². The van der Waals surface area contributed by atoms with Crippen LogP contribution in [0.3, 0.4) is 0 Å². The third-order valence-electron chi connectivity index (χ3n) is 3.96. The minimum Gasteiger partial charge on any atom is -0.493 e. The largest absolute Gasteiger partial charge is 0.493 e. The Balaban J connectivity index is 0.00000220. The third kappa shape index (κ3) is 5.21. The number of halogens is 1. The van der Waals surface area contributed by atoms with Gasteiger partial charge >= 0.3 is 0 Å². The summed E-state index contributed by atoms with van der Waals surface area (Å²) in [6.07, 6.45) is 2.25. The number of amides is 1. The van der Waals surface area contributed by atoms with Crippen molar-refractivity contribution in [1.29, 1.82) is 0 Å². The number of carbonyl (C=O) groups excluding carboxylic acids is 1. The Hall–Kier alpha value is -1.26. The second-order valence-electron chi connectivity index (χ2n) is 5.56. The Bertz CT molecular complexity index is 471. The quantitative estimate of drug-likeness (QED) is 0.929. The number of benzene rings is 1. The van der Waals surface area contributed by atoms with Crippen molar-refractivity contribution in [2.45, 2.75) is 39.2 Å². The van der Waals surface area contributed by atoms with Gasteiger partial charge in [0, 0.05) is 19.1 Å². The molecule has 0 atom stereocenters. The molecule has 1 heterocycles. The highest BCUT2D eigenvalue weighted by molar-refractivity contribution is 5.85. The van der Waals surface area contributed by atoms with E-state index in [2.05, 4.69) is 13.8 Å². The molecule has 1 amide bonds. The lowest BCUT2D eigenvalue weighted by atomic mass is 10.1. The maximum atomic E-state index is 12.0. The minimum atomic E-state index is 0. The molecule has 1 aliphatic heterocycles. The van der Waals surface area contributed by atoms with Crippen molar-refractivity contribution in [2.75, 3.05) is 19.7 Å². The number of carbonyl (C=O) groups is 1. The molecule has 0 aromatic heterocycles. The Morgan fingerprint density at radius 3 is 2.57 bits per heavy atom. The molecule has 118 valence electrons. The van der Waals surface area contributed by atoms with Crippen LogP contribution in [-0.4, -0.2) is 36.5 Å². The van der Waals surface area contributed by atoms with Crippen molar-refractivity contribution in [1.82, 2.24) is 4.90 Å². The molecule has 4 nitrogen and oxygen atoms in total. The van der Waals surface area contributed by atoms with Crippen molar-refractivity contribution < 1.29 is 9.53 Å². The molecular formula is C16H25ClN2O2. The topological polar surface area (TPSA) is 55.6 Å². The van der Waals surface area contributed by atoms with Crippen molar-refractivity contribution >= 4 is 18.3 Å². The van der Waals surface area contributed by atoms with Crippen LogP contribution in [0.2, 0.25) is 0 Å². The first-order valence-corrected chi connectivity index (χ1v) is 7.29. The van der Waals surface area contributed by atoms with Gasteiger partial charge in [-0.25, -0.2) is 0 Å². The lowest BCUT2D eigenvalue weighted by Gasteiger charge is -2.30. The van der Waals surface area contributed by atoms with Crippen LogP contribution in [0.25, 0.3) is 0 Å². The van der Waals surface area contributed by atoms with Gasteiger partial charge in [0.2, 0.25) is 5.91 Å². The Morgan fingerprint density at radius 2 is 1.95 bits per heavy atom. The van der Waals surface area contributed by atoms with E-state index in [1.165, 1.54) is 11.1 Å². The highest BCUT2D eigenvalue weighted by atomic mass is 35.5. The molecule has 21 heavy (non-hydrogen) atoms. The fourth-order valence-corrected chi connectivity index (χ4v) is 2.37. The Labute approximate surface area is 133 Å². The van der Waals surface area contributed by atoms with Crippen LogP contribution in [-0.2, 0) is 4.79 Å². The summed E-state index contributed by atoms with van der Waals surface area (Å²) in [4.78, 5) is 13.9. The number of ether oxygens (including phenoxy) is 1. The first-order valence-electron chi connectivity index (χ1n) is 7.29. The van der Waals surface area contributed by atoms with Gasteiger partial charge in [-0.1, -0.05) is 6.07 Å². The zero-order chi connectivity index (χ0) is 14.5. The number of piperidine rings is 1. The van der Waals surface area contributed by atoms with Gasteiger partial charge < -0.3 is 15.4 Å². The summed E-state index contributed by atoms with van der Waals surface area (Å²) in [5, 5.41) is 0. The fourth-order valence-electron chi connectivity index (χ4n) is 2.37. The summed E-state index contributed by atoms with van der Waals surface area (Å²) in [7, 11) is 0. The van der Waals surface area contributed by atoms with Gasteiger partial charge in [0.05, 0.1) is 13.0 Å². The van der Waals surface area contributed by atoms with E-state index < -0.39 is 0 Å². The molecule has 0 unspecified atom stereocenters. The van der Waals surface area contributed by atoms with Gasteiger partial charge in [0.25, 0.3) is 0 Å². The third-order valence-corrected chi connectivity index (χ3v) is 3.96. The van der Waals surface area contributed by atoms with E-state index in [0.717, 1.165) is 31.7 Å². The molecule has 0 radical (unpaired) electrons. The average Bonchev–Trinajstić information content (AvgIpc) is 2.43. The van der Waals surface area contributed by atoms with Crippen LogP contribution in [0.5, 0.6) is 5.75 Å². The molecule has 2 rings (SSSR count). The number of rotatable bonds is 4. The molecule has 5 heteroatoms. The van der Waals surface area contributed by atoms with Crippen LogP contribution in [0.4, 0.5) is 0 Å². The smallest absolute Gasteiger partial charge is 0.225 e. The van der Waals surface area contributed by atoms with Crippen LogP contribution in [0.15, 0.2) is 18.2 Å². The number of nitrogens with zero attached hydrogens (tertiary/aromatic N) is 1. The van der Waals surface area contributed by atoms with E-state index in [-0.39, 0.29) is 24.4 Å². The standard InChI is InChI=1S/C16H24N2O2.ClH/c1-12-3-4-15(11-13(12)2)20-10-7-16(19)18-8-5-14(17)6-9-18;/h3-4,11,14H,5-10,17H2,1-2H3;1H. The molecule has 0 saturated carbocycles. The Morgan fingerprint density at radius 1 is 1.29 bits per heavy atom. The summed E-state index contributed by atoms with van der Waals surface area (Å²) < 4.78 is 5.65. The maximum Gasteiger partial charge on any atom is 0.225 e. The zero-order valence-electron chi connectivity index (χ0n) is 12.8. The summed E-state index contributed by atoms with van der Waals surface area (Å²) in [6.45, 7) is 6.13. The van der Waals surface area contributed by atoms with E-state index in [0.29, 0.717) is 13.0 Å². The Kier molecular flexibility index (Phi) is 6.99. The van der Waals surface area contributed by atoms with Gasteiger partial charge in [0.15, 0.2) is 0 Å². The highest BCUT2D eigenvalue weighted by Crippen LogP contribution is 2.17. The molecule has 1 aromatic rings. The number of likely N-dealkylation sites (tertiary alicyclic amines) is 1. The van der Waals surface area contributed by atoms with Crippen LogP contribution < -0.4 is 10.5 Å². The average molecular weight is 313 g/mol. The van der Waals surface area contributed by atoms with E-state index in [4.69, 9.17) is 10.5 Å². The fraction of sp³-hybridized carbons (Fsp3) is 0.562. The second-order valence-corrected chi connectivity index (χ2v) is 5.56. The molecule has 0 spiro atoms. The highest BCUT2D eigenvalue weighted by Gasteiger charge is 2.20. The predicted octanol–water partition coefficient (Wildman–Crippen LogP) is 2.44. The van der Waals surface area contributed by atoms with E-state index in [1.54, 1.807) is 0 Å². The number of aryl methyl sites for hydroxylation is 2. The normalized spacial score (nSPS) is 15.5. The summed E-state index contributed by atoms with van der Waals surface area (Å²) in [6, 6.07) is 6.26. The molecule has 1 aromatic carbocycles. The molecule has 1 aliphatic rings. The van der Waals surface area contributed by atoms with E-state index in [1.807, 2.05) is 23.1 Å². The van der Waals surface area contributed by atoms with Crippen molar-refractivity contribution in [3.8, 4) is 5.75 Å². The summed E-state index contributed by atoms with van der Waals surface area (Å²) in [5.74, 6) is 1.00. The molecule has 0 bridgehead atoms. The SMILES string of the molecule is Cc1ccc(OCCC(=O)N2CCC(N)CC2)cc1C.Cl. The number of nitrogens with two attached hydrogens (primary N) is 1. The lowest BCUT2D eigenvalue weighted by Crippen LogP contribution is -2.43. The monoisotopic (exact) mass is 312 g/mol. The van der Waals surface area contributed by atoms with Crippen molar-refractivity contribution in [3.63, 3.8) is 0 Å². The first kappa shape index (κ1) is 17.8. The molecular weight excluding hydrogens is 288 g/mol. The second kappa shape index (κ2) is 8.25. The van der Waals surface area contributed by atoms with Crippen molar-refractivity contribution in [2.24, 2.45) is 5.73 Å². The molecule has 1 fully saturated rings. The van der Waals surface area contributed by atoms with Gasteiger partial charge in [0.1, 0.15) is 5.75 Å².